The van der Waals surface area contributed by atoms with Gasteiger partial charge in [0.25, 0.3) is 0 Å². The van der Waals surface area contributed by atoms with Crippen molar-refractivity contribution in [2.45, 2.75) is 19.4 Å². The van der Waals surface area contributed by atoms with Crippen LogP contribution >= 0.6 is 11.6 Å². The summed E-state index contributed by atoms with van der Waals surface area (Å²) in [4.78, 5) is 18.0. The Hall–Kier alpha value is -2.63. The standard InChI is InChI=1S/C22H24ClN3O2/c1-5-19(25(2)3)22-24-13-20(26(22)4)15-7-10-18(11-8-15)28-21-12-17(23)9-6-16(21)14-27/h6-14,19H,5H2,1-4H3/t19-/m1/s1. The molecule has 0 saturated carbocycles. The number of aromatic nitrogens is 2. The maximum atomic E-state index is 11.2. The average Bonchev–Trinajstić information content (AvgIpc) is 3.04. The van der Waals surface area contributed by atoms with Gasteiger partial charge in [-0.05, 0) is 56.9 Å². The zero-order valence-electron chi connectivity index (χ0n) is 16.5. The topological polar surface area (TPSA) is 47.4 Å². The molecule has 6 heteroatoms. The zero-order chi connectivity index (χ0) is 20.3. The summed E-state index contributed by atoms with van der Waals surface area (Å²) in [6.07, 6.45) is 3.65. The summed E-state index contributed by atoms with van der Waals surface area (Å²) in [7, 11) is 6.17. The molecule has 0 spiro atoms. The maximum absolute atomic E-state index is 11.2. The van der Waals surface area contributed by atoms with Crippen molar-refractivity contribution in [1.82, 2.24) is 14.5 Å². The molecule has 0 aliphatic carbocycles. The van der Waals surface area contributed by atoms with Crippen molar-refractivity contribution < 1.29 is 9.53 Å². The molecule has 0 amide bonds. The molecule has 0 aliphatic rings. The van der Waals surface area contributed by atoms with Crippen LogP contribution in [0.15, 0.2) is 48.7 Å². The molecular weight excluding hydrogens is 374 g/mol. The van der Waals surface area contributed by atoms with E-state index in [1.54, 1.807) is 18.2 Å². The minimum atomic E-state index is 0.269. The number of halogens is 1. The van der Waals surface area contributed by atoms with Gasteiger partial charge in [0, 0.05) is 23.7 Å². The zero-order valence-corrected chi connectivity index (χ0v) is 17.3. The molecule has 0 bridgehead atoms. The lowest BCUT2D eigenvalue weighted by Gasteiger charge is -2.22. The number of aldehydes is 1. The van der Waals surface area contributed by atoms with Gasteiger partial charge in [0.05, 0.1) is 23.5 Å². The van der Waals surface area contributed by atoms with E-state index in [1.165, 1.54) is 0 Å². The number of hydrogen-bond acceptors (Lipinski definition) is 4. The molecule has 1 heterocycles. The summed E-state index contributed by atoms with van der Waals surface area (Å²) < 4.78 is 7.98. The van der Waals surface area contributed by atoms with E-state index in [9.17, 15) is 4.79 Å². The molecule has 28 heavy (non-hydrogen) atoms. The molecule has 2 aromatic carbocycles. The number of carbonyl (C=O) groups excluding carboxylic acids is 1. The smallest absolute Gasteiger partial charge is 0.153 e. The van der Waals surface area contributed by atoms with Gasteiger partial charge in [0.1, 0.15) is 17.3 Å². The van der Waals surface area contributed by atoms with Gasteiger partial charge in [-0.25, -0.2) is 4.98 Å². The highest BCUT2D eigenvalue weighted by molar-refractivity contribution is 6.30. The van der Waals surface area contributed by atoms with Crippen molar-refractivity contribution in [3.8, 4) is 22.8 Å². The normalized spacial score (nSPS) is 12.2. The fourth-order valence-corrected chi connectivity index (χ4v) is 3.46. The van der Waals surface area contributed by atoms with Crippen LogP contribution in [0.4, 0.5) is 0 Å². The van der Waals surface area contributed by atoms with E-state index < -0.39 is 0 Å². The third-order valence-corrected chi connectivity index (χ3v) is 5.05. The van der Waals surface area contributed by atoms with Crippen LogP contribution in [0.5, 0.6) is 11.5 Å². The summed E-state index contributed by atoms with van der Waals surface area (Å²) in [6.45, 7) is 2.16. The number of ether oxygens (including phenoxy) is 1. The first-order valence-electron chi connectivity index (χ1n) is 9.15. The van der Waals surface area contributed by atoms with E-state index in [0.717, 1.165) is 29.8 Å². The number of hydrogen-bond donors (Lipinski definition) is 0. The number of carbonyl (C=O) groups is 1. The molecule has 0 unspecified atom stereocenters. The van der Waals surface area contributed by atoms with E-state index >= 15 is 0 Å². The molecule has 0 N–H and O–H groups in total. The molecule has 0 radical (unpaired) electrons. The monoisotopic (exact) mass is 397 g/mol. The summed E-state index contributed by atoms with van der Waals surface area (Å²) in [6, 6.07) is 12.9. The van der Waals surface area contributed by atoms with Crippen molar-refractivity contribution >= 4 is 17.9 Å². The number of benzene rings is 2. The van der Waals surface area contributed by atoms with E-state index in [0.29, 0.717) is 22.1 Å². The third kappa shape index (κ3) is 4.11. The Morgan fingerprint density at radius 2 is 1.93 bits per heavy atom. The predicted octanol–water partition coefficient (Wildman–Crippen LogP) is 5.36. The van der Waals surface area contributed by atoms with Crippen LogP contribution in [0.25, 0.3) is 11.3 Å². The lowest BCUT2D eigenvalue weighted by atomic mass is 10.1. The van der Waals surface area contributed by atoms with E-state index in [-0.39, 0.29) is 6.04 Å². The first-order valence-corrected chi connectivity index (χ1v) is 9.53. The molecular formula is C22H24ClN3O2. The molecule has 3 aromatic rings. The van der Waals surface area contributed by atoms with Crippen LogP contribution in [-0.2, 0) is 7.05 Å². The number of imidazole rings is 1. The van der Waals surface area contributed by atoms with Crippen molar-refractivity contribution in [3.63, 3.8) is 0 Å². The van der Waals surface area contributed by atoms with Gasteiger partial charge in [-0.15, -0.1) is 0 Å². The van der Waals surface area contributed by atoms with E-state index in [2.05, 4.69) is 35.5 Å². The van der Waals surface area contributed by atoms with Crippen LogP contribution in [0, 0.1) is 0 Å². The summed E-state index contributed by atoms with van der Waals surface area (Å²) in [5.74, 6) is 2.11. The van der Waals surface area contributed by atoms with Gasteiger partial charge >= 0.3 is 0 Å². The van der Waals surface area contributed by atoms with E-state index in [4.69, 9.17) is 16.3 Å². The maximum Gasteiger partial charge on any atom is 0.153 e. The lowest BCUT2D eigenvalue weighted by Crippen LogP contribution is -2.22. The van der Waals surface area contributed by atoms with Crippen LogP contribution in [0.3, 0.4) is 0 Å². The fourth-order valence-electron chi connectivity index (χ4n) is 3.29. The fraction of sp³-hybridized carbons (Fsp3) is 0.273. The Bertz CT molecular complexity index is 964. The molecule has 0 saturated heterocycles. The van der Waals surface area contributed by atoms with Crippen molar-refractivity contribution in [1.29, 1.82) is 0 Å². The highest BCUT2D eigenvalue weighted by Gasteiger charge is 2.19. The number of rotatable bonds is 7. The second-order valence-corrected chi connectivity index (χ2v) is 7.31. The van der Waals surface area contributed by atoms with Gasteiger partial charge in [-0.3, -0.25) is 9.69 Å². The van der Waals surface area contributed by atoms with Gasteiger partial charge < -0.3 is 9.30 Å². The first kappa shape index (κ1) is 20.1. The molecule has 3 rings (SSSR count). The third-order valence-electron chi connectivity index (χ3n) is 4.81. The second-order valence-electron chi connectivity index (χ2n) is 6.87. The van der Waals surface area contributed by atoms with Crippen molar-refractivity contribution in [3.05, 3.63) is 65.1 Å². The molecule has 5 nitrogen and oxygen atoms in total. The Kier molecular flexibility index (Phi) is 6.17. The molecule has 146 valence electrons. The van der Waals surface area contributed by atoms with Crippen LogP contribution in [0.1, 0.15) is 35.6 Å². The average molecular weight is 398 g/mol. The molecule has 1 aromatic heterocycles. The summed E-state index contributed by atoms with van der Waals surface area (Å²) in [5.41, 5.74) is 2.54. The van der Waals surface area contributed by atoms with Gasteiger partial charge in [-0.2, -0.15) is 0 Å². The van der Waals surface area contributed by atoms with Crippen LogP contribution in [-0.4, -0.2) is 34.8 Å². The highest BCUT2D eigenvalue weighted by atomic mass is 35.5. The SMILES string of the molecule is CC[C@H](c1ncc(-c2ccc(Oc3cc(Cl)ccc3C=O)cc2)n1C)N(C)C. The summed E-state index contributed by atoms with van der Waals surface area (Å²) >= 11 is 6.02. The minimum absolute atomic E-state index is 0.269. The Morgan fingerprint density at radius 1 is 1.21 bits per heavy atom. The first-order chi connectivity index (χ1) is 13.4. The van der Waals surface area contributed by atoms with Crippen LogP contribution in [0.2, 0.25) is 5.02 Å². The summed E-state index contributed by atoms with van der Waals surface area (Å²) in [5, 5.41) is 0.519. The quantitative estimate of drug-likeness (QED) is 0.503. The Balaban J connectivity index is 1.85. The Morgan fingerprint density at radius 3 is 2.54 bits per heavy atom. The molecule has 0 fully saturated rings. The minimum Gasteiger partial charge on any atom is -0.457 e. The predicted molar refractivity (Wildman–Crippen MR) is 112 cm³/mol. The highest BCUT2D eigenvalue weighted by Crippen LogP contribution is 2.30. The largest absolute Gasteiger partial charge is 0.457 e. The van der Waals surface area contributed by atoms with Crippen molar-refractivity contribution in [2.75, 3.05) is 14.1 Å². The van der Waals surface area contributed by atoms with Gasteiger partial charge in [0.2, 0.25) is 0 Å². The van der Waals surface area contributed by atoms with Gasteiger partial charge in [-0.1, -0.05) is 18.5 Å². The molecule has 0 aliphatic heterocycles. The molecule has 1 atom stereocenters. The van der Waals surface area contributed by atoms with Gasteiger partial charge in [0.15, 0.2) is 6.29 Å². The van der Waals surface area contributed by atoms with E-state index in [1.807, 2.05) is 37.5 Å². The number of nitrogens with zero attached hydrogens (tertiary/aromatic N) is 3. The second kappa shape index (κ2) is 8.59. The van der Waals surface area contributed by atoms with Crippen LogP contribution < -0.4 is 4.74 Å². The lowest BCUT2D eigenvalue weighted by molar-refractivity contribution is 0.112. The Labute approximate surface area is 170 Å². The van der Waals surface area contributed by atoms with Crippen molar-refractivity contribution in [2.24, 2.45) is 7.05 Å².